The van der Waals surface area contributed by atoms with E-state index in [1.807, 2.05) is 74.5 Å². The minimum Gasteiger partial charge on any atom is -0.426 e. The number of hydrogen-bond donors (Lipinski definition) is 4. The summed E-state index contributed by atoms with van der Waals surface area (Å²) < 4.78 is 0. The highest BCUT2D eigenvalue weighted by Crippen LogP contribution is 2.33. The van der Waals surface area contributed by atoms with Crippen molar-refractivity contribution in [2.45, 2.75) is 64.0 Å². The standard InChI is InChI=1S/C29H35BN4O5/c1-19(2)16-24(30(37)38)32-27(36)29(17-20-10-6-5-7-11-20)18-23(34-39-29)28(3,4)33-26(35)25-22-13-9-8-12-21(22)14-15-31-25/h5-15,19,24,37-38H,16-18H2,1-4H3,(H,32,36)(H,33,35). The van der Waals surface area contributed by atoms with Gasteiger partial charge >= 0.3 is 7.12 Å². The lowest BCUT2D eigenvalue weighted by Gasteiger charge is -2.30. The molecular weight excluding hydrogens is 495 g/mol. The molecule has 4 N–H and O–H groups in total. The normalized spacial score (nSPS) is 17.9. The van der Waals surface area contributed by atoms with E-state index >= 15 is 0 Å². The first kappa shape index (κ1) is 28.3. The van der Waals surface area contributed by atoms with Crippen LogP contribution in [-0.4, -0.2) is 56.8 Å². The van der Waals surface area contributed by atoms with Crippen LogP contribution in [0.5, 0.6) is 0 Å². The van der Waals surface area contributed by atoms with Crippen LogP contribution < -0.4 is 10.6 Å². The third-order valence-corrected chi connectivity index (χ3v) is 6.97. The maximum atomic E-state index is 13.7. The summed E-state index contributed by atoms with van der Waals surface area (Å²) in [5.74, 6) is -1.62. The molecule has 204 valence electrons. The number of pyridine rings is 1. The van der Waals surface area contributed by atoms with Crippen LogP contribution in [0.3, 0.4) is 0 Å². The van der Waals surface area contributed by atoms with E-state index in [9.17, 15) is 19.6 Å². The van der Waals surface area contributed by atoms with Crippen LogP contribution >= 0.6 is 0 Å². The van der Waals surface area contributed by atoms with Crippen molar-refractivity contribution < 1.29 is 24.5 Å². The summed E-state index contributed by atoms with van der Waals surface area (Å²) >= 11 is 0. The Morgan fingerprint density at radius 1 is 1.08 bits per heavy atom. The van der Waals surface area contributed by atoms with E-state index in [0.29, 0.717) is 17.8 Å². The smallest absolute Gasteiger partial charge is 0.426 e. The van der Waals surface area contributed by atoms with E-state index in [1.54, 1.807) is 20.0 Å². The van der Waals surface area contributed by atoms with E-state index in [-0.39, 0.29) is 24.7 Å². The van der Waals surface area contributed by atoms with Crippen molar-refractivity contribution in [3.05, 3.63) is 78.1 Å². The number of carbonyl (C=O) groups is 2. The molecule has 0 saturated heterocycles. The molecule has 0 spiro atoms. The van der Waals surface area contributed by atoms with Gasteiger partial charge in [-0.05, 0) is 43.2 Å². The maximum Gasteiger partial charge on any atom is 0.475 e. The average molecular weight is 530 g/mol. The van der Waals surface area contributed by atoms with Gasteiger partial charge in [0.05, 0.1) is 17.2 Å². The van der Waals surface area contributed by atoms with Crippen molar-refractivity contribution in [1.82, 2.24) is 15.6 Å². The third kappa shape index (κ3) is 6.46. The molecule has 39 heavy (non-hydrogen) atoms. The zero-order valence-electron chi connectivity index (χ0n) is 22.7. The monoisotopic (exact) mass is 530 g/mol. The number of fused-ring (bicyclic) bond motifs is 1. The van der Waals surface area contributed by atoms with Gasteiger partial charge in [-0.15, -0.1) is 0 Å². The number of benzene rings is 2. The summed E-state index contributed by atoms with van der Waals surface area (Å²) in [5.41, 5.74) is -0.770. The predicted octanol–water partition coefficient (Wildman–Crippen LogP) is 3.04. The van der Waals surface area contributed by atoms with Crippen LogP contribution in [0.25, 0.3) is 10.8 Å². The molecule has 0 aliphatic carbocycles. The van der Waals surface area contributed by atoms with E-state index in [2.05, 4.69) is 20.8 Å². The lowest BCUT2D eigenvalue weighted by molar-refractivity contribution is -0.144. The molecule has 10 heteroatoms. The Morgan fingerprint density at radius 3 is 2.46 bits per heavy atom. The predicted molar refractivity (Wildman–Crippen MR) is 151 cm³/mol. The Bertz CT molecular complexity index is 1360. The molecular formula is C29H35BN4O5. The summed E-state index contributed by atoms with van der Waals surface area (Å²) in [6.45, 7) is 7.47. The van der Waals surface area contributed by atoms with Gasteiger partial charge < -0.3 is 25.5 Å². The SMILES string of the molecule is CC(C)CC(NC(=O)C1(Cc2ccccc2)CC(C(C)(C)NC(=O)c2nccc3ccccc23)=NO1)B(O)O. The molecule has 2 unspecified atom stereocenters. The van der Waals surface area contributed by atoms with Crippen LogP contribution in [0.2, 0.25) is 0 Å². The van der Waals surface area contributed by atoms with Crippen LogP contribution in [0.4, 0.5) is 0 Å². The Labute approximate surface area is 228 Å². The fourth-order valence-corrected chi connectivity index (χ4v) is 4.81. The number of nitrogens with one attached hydrogen (secondary N) is 2. The third-order valence-electron chi connectivity index (χ3n) is 6.97. The fraction of sp³-hybridized carbons (Fsp3) is 0.379. The molecule has 2 aromatic carbocycles. The molecule has 1 aromatic heterocycles. The van der Waals surface area contributed by atoms with Gasteiger partial charge in [0.2, 0.25) is 5.60 Å². The topological polar surface area (TPSA) is 133 Å². The fourth-order valence-electron chi connectivity index (χ4n) is 4.81. The number of hydrogen-bond acceptors (Lipinski definition) is 7. The summed E-state index contributed by atoms with van der Waals surface area (Å²) in [4.78, 5) is 37.2. The van der Waals surface area contributed by atoms with Crippen molar-refractivity contribution in [1.29, 1.82) is 0 Å². The van der Waals surface area contributed by atoms with E-state index in [4.69, 9.17) is 4.84 Å². The first-order valence-corrected chi connectivity index (χ1v) is 13.1. The number of amides is 2. The lowest BCUT2D eigenvalue weighted by Crippen LogP contribution is -2.57. The van der Waals surface area contributed by atoms with Crippen LogP contribution in [0.1, 0.15) is 56.6 Å². The molecule has 1 aliphatic heterocycles. The quantitative estimate of drug-likeness (QED) is 0.298. The van der Waals surface area contributed by atoms with Gasteiger partial charge in [-0.3, -0.25) is 14.6 Å². The van der Waals surface area contributed by atoms with Gasteiger partial charge in [-0.25, -0.2) is 0 Å². The van der Waals surface area contributed by atoms with Crippen LogP contribution in [0, 0.1) is 5.92 Å². The largest absolute Gasteiger partial charge is 0.475 e. The molecule has 0 saturated carbocycles. The summed E-state index contributed by atoms with van der Waals surface area (Å²) in [6, 6.07) is 18.8. The van der Waals surface area contributed by atoms with Crippen molar-refractivity contribution in [2.24, 2.45) is 11.1 Å². The Balaban J connectivity index is 1.58. The Morgan fingerprint density at radius 2 is 1.77 bits per heavy atom. The summed E-state index contributed by atoms with van der Waals surface area (Å²) in [7, 11) is -1.73. The molecule has 1 aliphatic rings. The summed E-state index contributed by atoms with van der Waals surface area (Å²) in [6.07, 6.45) is 2.27. The van der Waals surface area contributed by atoms with Crippen LogP contribution in [0.15, 0.2) is 72.0 Å². The molecule has 9 nitrogen and oxygen atoms in total. The maximum absolute atomic E-state index is 13.7. The van der Waals surface area contributed by atoms with Crippen LogP contribution in [-0.2, 0) is 16.1 Å². The van der Waals surface area contributed by atoms with Gasteiger partial charge in [0.25, 0.3) is 11.8 Å². The first-order valence-electron chi connectivity index (χ1n) is 13.1. The second kappa shape index (κ2) is 11.5. The molecule has 2 atom stereocenters. The molecule has 2 amide bonds. The zero-order chi connectivity index (χ0) is 28.2. The van der Waals surface area contributed by atoms with Gasteiger partial charge in [0.15, 0.2) is 0 Å². The highest BCUT2D eigenvalue weighted by Gasteiger charge is 2.51. The van der Waals surface area contributed by atoms with Gasteiger partial charge in [-0.1, -0.05) is 73.6 Å². The molecule has 4 rings (SSSR count). The Kier molecular flexibility index (Phi) is 8.37. The second-order valence-corrected chi connectivity index (χ2v) is 11.0. The zero-order valence-corrected chi connectivity index (χ0v) is 22.7. The molecule has 2 heterocycles. The Hall–Kier alpha value is -3.76. The van der Waals surface area contributed by atoms with Crippen molar-refractivity contribution in [2.75, 3.05) is 0 Å². The second-order valence-electron chi connectivity index (χ2n) is 11.0. The minimum atomic E-state index is -1.73. The number of aromatic nitrogens is 1. The molecule has 0 fully saturated rings. The highest BCUT2D eigenvalue weighted by molar-refractivity contribution is 6.43. The van der Waals surface area contributed by atoms with E-state index < -0.39 is 30.1 Å². The lowest BCUT2D eigenvalue weighted by atomic mass is 9.74. The van der Waals surface area contributed by atoms with Gasteiger partial charge in [0.1, 0.15) is 5.69 Å². The number of rotatable bonds is 10. The number of nitrogens with zero attached hydrogens (tertiary/aromatic N) is 2. The van der Waals surface area contributed by atoms with E-state index in [0.717, 1.165) is 16.3 Å². The average Bonchev–Trinajstić information content (AvgIpc) is 3.34. The molecule has 0 bridgehead atoms. The molecule has 3 aromatic rings. The minimum absolute atomic E-state index is 0.0971. The van der Waals surface area contributed by atoms with Crippen molar-refractivity contribution >= 4 is 35.4 Å². The van der Waals surface area contributed by atoms with Crippen molar-refractivity contribution in [3.8, 4) is 0 Å². The van der Waals surface area contributed by atoms with Gasteiger partial charge in [0, 0.05) is 24.4 Å². The van der Waals surface area contributed by atoms with E-state index in [1.165, 1.54) is 0 Å². The summed E-state index contributed by atoms with van der Waals surface area (Å²) in [5, 5.41) is 31.5. The molecule has 0 radical (unpaired) electrons. The number of oxime groups is 1. The van der Waals surface area contributed by atoms with Crippen molar-refractivity contribution in [3.63, 3.8) is 0 Å². The first-order chi connectivity index (χ1) is 18.5. The highest BCUT2D eigenvalue weighted by atomic mass is 16.7. The van der Waals surface area contributed by atoms with Gasteiger partial charge in [-0.2, -0.15) is 0 Å². The number of carbonyl (C=O) groups excluding carboxylic acids is 2.